The molecule has 1 aromatic rings. The van der Waals surface area contributed by atoms with Crippen molar-refractivity contribution in [2.75, 3.05) is 13.1 Å². The Kier molecular flexibility index (Phi) is 2.99. The van der Waals surface area contributed by atoms with Crippen LogP contribution < -0.4 is 0 Å². The molecule has 92 valence electrons. The lowest BCUT2D eigenvalue weighted by molar-refractivity contribution is -0.113. The average molecular weight is 281 g/mol. The lowest BCUT2D eigenvalue weighted by atomic mass is 10.1. The van der Waals surface area contributed by atoms with Crippen LogP contribution in [0.1, 0.15) is 16.1 Å². The van der Waals surface area contributed by atoms with Crippen molar-refractivity contribution in [3.05, 3.63) is 27.5 Å². The summed E-state index contributed by atoms with van der Waals surface area (Å²) >= 11 is 11.5. The van der Waals surface area contributed by atoms with Crippen LogP contribution in [0.15, 0.2) is 6.07 Å². The molecule has 0 bridgehead atoms. The maximum atomic E-state index is 12.7. The molecule has 0 N–H and O–H groups in total. The van der Waals surface area contributed by atoms with E-state index in [1.807, 2.05) is 0 Å². The van der Waals surface area contributed by atoms with E-state index >= 15 is 0 Å². The van der Waals surface area contributed by atoms with Crippen LogP contribution in [0, 0.1) is 6.92 Å². The molecule has 7 heteroatoms. The molecule has 1 aliphatic rings. The molecule has 0 spiro atoms. The number of aromatic nitrogens is 1. The number of pyridine rings is 1. The predicted molar refractivity (Wildman–Crippen MR) is 59.8 cm³/mol. The Balaban J connectivity index is 2.27. The van der Waals surface area contributed by atoms with Crippen LogP contribution in [0.25, 0.3) is 0 Å². The van der Waals surface area contributed by atoms with Crippen molar-refractivity contribution >= 4 is 29.1 Å². The molecule has 0 saturated carbocycles. The van der Waals surface area contributed by atoms with E-state index in [2.05, 4.69) is 4.98 Å². The molecule has 0 atom stereocenters. The first-order chi connectivity index (χ1) is 7.80. The number of nitrogens with zero attached hydrogens (tertiary/aromatic N) is 2. The molecule has 3 nitrogen and oxygen atoms in total. The first-order valence-electron chi connectivity index (χ1n) is 4.80. The summed E-state index contributed by atoms with van der Waals surface area (Å²) < 4.78 is 25.3. The Morgan fingerprint density at radius 1 is 1.47 bits per heavy atom. The zero-order valence-corrected chi connectivity index (χ0v) is 10.3. The number of alkyl halides is 2. The number of carbonyl (C=O) groups is 1. The van der Waals surface area contributed by atoms with E-state index in [0.29, 0.717) is 5.69 Å². The molecule has 2 heterocycles. The van der Waals surface area contributed by atoms with Crippen LogP contribution in [0.3, 0.4) is 0 Å². The summed E-state index contributed by atoms with van der Waals surface area (Å²) in [5.41, 5.74) is 0.467. The Morgan fingerprint density at radius 3 is 2.53 bits per heavy atom. The van der Waals surface area contributed by atoms with E-state index < -0.39 is 24.9 Å². The fraction of sp³-hybridized carbons (Fsp3) is 0.400. The largest absolute Gasteiger partial charge is 0.326 e. The van der Waals surface area contributed by atoms with Crippen LogP contribution in [0.4, 0.5) is 8.78 Å². The molecule has 0 aliphatic carbocycles. The third-order valence-electron chi connectivity index (χ3n) is 2.47. The Labute approximate surface area is 106 Å². The van der Waals surface area contributed by atoms with Crippen LogP contribution >= 0.6 is 23.2 Å². The van der Waals surface area contributed by atoms with Gasteiger partial charge < -0.3 is 4.90 Å². The van der Waals surface area contributed by atoms with Crippen LogP contribution in [-0.4, -0.2) is 34.8 Å². The van der Waals surface area contributed by atoms with Gasteiger partial charge in [-0.25, -0.2) is 13.8 Å². The van der Waals surface area contributed by atoms with Crippen LogP contribution in [0.5, 0.6) is 0 Å². The summed E-state index contributed by atoms with van der Waals surface area (Å²) in [6.07, 6.45) is 0. The highest BCUT2D eigenvalue weighted by atomic mass is 35.5. The Morgan fingerprint density at radius 2 is 2.06 bits per heavy atom. The summed E-state index contributed by atoms with van der Waals surface area (Å²) in [7, 11) is 0. The molecule has 0 radical (unpaired) electrons. The molecular weight excluding hydrogens is 273 g/mol. The standard InChI is InChI=1S/C10H8Cl2F2N2O/c1-5-8(6(11)2-7(12)15-5)9(17)16-3-10(13,14)4-16/h2H,3-4H2,1H3. The van der Waals surface area contributed by atoms with E-state index in [-0.39, 0.29) is 15.7 Å². The fourth-order valence-corrected chi connectivity index (χ4v) is 2.28. The minimum Gasteiger partial charge on any atom is -0.326 e. The molecular formula is C10H8Cl2F2N2O. The van der Waals surface area contributed by atoms with Gasteiger partial charge in [0.1, 0.15) is 5.15 Å². The summed E-state index contributed by atoms with van der Waals surface area (Å²) in [6.45, 7) is 0.400. The van der Waals surface area contributed by atoms with Crippen molar-refractivity contribution in [1.82, 2.24) is 9.88 Å². The highest BCUT2D eigenvalue weighted by Crippen LogP contribution is 2.31. The third-order valence-corrected chi connectivity index (χ3v) is 2.96. The van der Waals surface area contributed by atoms with Gasteiger partial charge in [-0.2, -0.15) is 0 Å². The smallest absolute Gasteiger partial charge is 0.282 e. The molecule has 2 rings (SSSR count). The summed E-state index contributed by atoms with van der Waals surface area (Å²) in [5, 5.41) is 0.292. The number of halogens is 4. The highest BCUT2D eigenvalue weighted by Gasteiger charge is 2.47. The lowest BCUT2D eigenvalue weighted by Crippen LogP contribution is -2.58. The minimum absolute atomic E-state index is 0.128. The van der Waals surface area contributed by atoms with Gasteiger partial charge in [-0.1, -0.05) is 23.2 Å². The van der Waals surface area contributed by atoms with E-state index in [0.717, 1.165) is 4.90 Å². The maximum Gasteiger partial charge on any atom is 0.282 e. The first-order valence-corrected chi connectivity index (χ1v) is 5.55. The van der Waals surface area contributed by atoms with Crippen molar-refractivity contribution in [2.24, 2.45) is 0 Å². The lowest BCUT2D eigenvalue weighted by Gasteiger charge is -2.38. The number of hydrogen-bond donors (Lipinski definition) is 0. The topological polar surface area (TPSA) is 33.2 Å². The fourth-order valence-electron chi connectivity index (χ4n) is 1.67. The van der Waals surface area contributed by atoms with Gasteiger partial charge in [0, 0.05) is 0 Å². The normalized spacial score (nSPS) is 17.8. The second-order valence-corrected chi connectivity index (χ2v) is 4.70. The summed E-state index contributed by atoms with van der Waals surface area (Å²) in [4.78, 5) is 16.8. The molecule has 1 amide bonds. The van der Waals surface area contributed by atoms with Gasteiger partial charge in [0.2, 0.25) is 0 Å². The van der Waals surface area contributed by atoms with Crippen molar-refractivity contribution in [3.8, 4) is 0 Å². The number of carbonyl (C=O) groups excluding carboxylic acids is 1. The van der Waals surface area contributed by atoms with Gasteiger partial charge in [0.05, 0.1) is 29.4 Å². The van der Waals surface area contributed by atoms with Crippen LogP contribution in [0.2, 0.25) is 10.2 Å². The van der Waals surface area contributed by atoms with Crippen molar-refractivity contribution in [3.63, 3.8) is 0 Å². The molecule has 1 fully saturated rings. The molecule has 17 heavy (non-hydrogen) atoms. The van der Waals surface area contributed by atoms with Gasteiger partial charge >= 0.3 is 0 Å². The SMILES string of the molecule is Cc1nc(Cl)cc(Cl)c1C(=O)N1CC(F)(F)C1. The number of hydrogen-bond acceptors (Lipinski definition) is 2. The van der Waals surface area contributed by atoms with Crippen LogP contribution in [-0.2, 0) is 0 Å². The highest BCUT2D eigenvalue weighted by molar-refractivity contribution is 6.36. The molecule has 0 unspecified atom stereocenters. The third kappa shape index (κ3) is 2.35. The van der Waals surface area contributed by atoms with Gasteiger partial charge in [0.25, 0.3) is 11.8 Å². The van der Waals surface area contributed by atoms with Crippen molar-refractivity contribution in [1.29, 1.82) is 0 Å². The van der Waals surface area contributed by atoms with Gasteiger partial charge in [-0.05, 0) is 13.0 Å². The predicted octanol–water partition coefficient (Wildman–Crippen LogP) is 2.79. The molecule has 1 aliphatic heterocycles. The maximum absolute atomic E-state index is 12.7. The quantitative estimate of drug-likeness (QED) is 0.741. The molecule has 1 aromatic heterocycles. The Bertz CT molecular complexity index is 462. The molecule has 0 aromatic carbocycles. The summed E-state index contributed by atoms with van der Waals surface area (Å²) in [5.74, 6) is -3.34. The number of likely N-dealkylation sites (tertiary alicyclic amines) is 1. The van der Waals surface area contributed by atoms with Crippen molar-refractivity contribution < 1.29 is 13.6 Å². The second kappa shape index (κ2) is 4.07. The van der Waals surface area contributed by atoms with E-state index in [4.69, 9.17) is 23.2 Å². The minimum atomic E-state index is -2.80. The van der Waals surface area contributed by atoms with Gasteiger partial charge in [0.15, 0.2) is 0 Å². The first kappa shape index (κ1) is 12.5. The number of amides is 1. The van der Waals surface area contributed by atoms with Gasteiger partial charge in [-0.3, -0.25) is 4.79 Å². The van der Waals surface area contributed by atoms with Gasteiger partial charge in [-0.15, -0.1) is 0 Å². The number of aryl methyl sites for hydroxylation is 1. The monoisotopic (exact) mass is 280 g/mol. The van der Waals surface area contributed by atoms with E-state index in [1.165, 1.54) is 6.07 Å². The molecule has 1 saturated heterocycles. The average Bonchev–Trinajstić information content (AvgIpc) is 2.11. The van der Waals surface area contributed by atoms with Crippen molar-refractivity contribution in [2.45, 2.75) is 12.8 Å². The zero-order chi connectivity index (χ0) is 12.8. The number of rotatable bonds is 1. The van der Waals surface area contributed by atoms with E-state index in [1.54, 1.807) is 6.92 Å². The van der Waals surface area contributed by atoms with E-state index in [9.17, 15) is 13.6 Å². The summed E-state index contributed by atoms with van der Waals surface area (Å²) in [6, 6.07) is 1.32. The Hall–Kier alpha value is -0.940. The second-order valence-electron chi connectivity index (χ2n) is 3.90. The zero-order valence-electron chi connectivity index (χ0n) is 8.81.